The number of phenols is 1. The van der Waals surface area contributed by atoms with Gasteiger partial charge in [-0.3, -0.25) is 0 Å². The quantitative estimate of drug-likeness (QED) is 0.634. The van der Waals surface area contributed by atoms with Crippen LogP contribution < -0.4 is 4.90 Å². The molecule has 23 heavy (non-hydrogen) atoms. The van der Waals surface area contributed by atoms with E-state index in [0.29, 0.717) is 11.8 Å². The van der Waals surface area contributed by atoms with E-state index in [-0.39, 0.29) is 0 Å². The minimum atomic E-state index is 0.318. The molecule has 4 rings (SSSR count). The van der Waals surface area contributed by atoms with E-state index in [1.165, 1.54) is 28.3 Å². The average Bonchev–Trinajstić information content (AvgIpc) is 3.32. The lowest BCUT2D eigenvalue weighted by Crippen LogP contribution is -2.30. The van der Waals surface area contributed by atoms with Gasteiger partial charge in [-0.05, 0) is 59.3 Å². The van der Waals surface area contributed by atoms with E-state index >= 15 is 0 Å². The van der Waals surface area contributed by atoms with Crippen molar-refractivity contribution >= 4 is 45.8 Å². The first-order valence-corrected chi connectivity index (χ1v) is 10.6. The van der Waals surface area contributed by atoms with Crippen LogP contribution in [0.3, 0.4) is 0 Å². The van der Waals surface area contributed by atoms with Crippen LogP contribution in [-0.4, -0.2) is 22.7 Å². The van der Waals surface area contributed by atoms with Crippen molar-refractivity contribution in [2.45, 2.75) is 12.5 Å². The topological polar surface area (TPSA) is 23.5 Å². The Morgan fingerprint density at radius 2 is 1.91 bits per heavy atom. The Labute approximate surface area is 148 Å². The molecule has 3 heterocycles. The van der Waals surface area contributed by atoms with Gasteiger partial charge in [-0.15, -0.1) is 11.3 Å². The lowest BCUT2D eigenvalue weighted by atomic mass is 10.1. The predicted molar refractivity (Wildman–Crippen MR) is 104 cm³/mol. The summed E-state index contributed by atoms with van der Waals surface area (Å²) in [6.45, 7) is 0. The first-order valence-electron chi connectivity index (χ1n) is 7.58. The molecule has 1 unspecified atom stereocenters. The summed E-state index contributed by atoms with van der Waals surface area (Å²) in [5, 5.41) is 16.2. The highest BCUT2D eigenvalue weighted by Crippen LogP contribution is 2.39. The summed E-state index contributed by atoms with van der Waals surface area (Å²) >= 11 is 5.56. The zero-order valence-corrected chi connectivity index (χ0v) is 15.0. The number of aromatic hydroxyl groups is 1. The number of nitrogens with zero attached hydrogens (tertiary/aromatic N) is 1. The Balaban J connectivity index is 1.71. The second-order valence-corrected chi connectivity index (χ2v) is 8.43. The summed E-state index contributed by atoms with van der Waals surface area (Å²) in [6.07, 6.45) is 1.20. The molecule has 0 aliphatic carbocycles. The van der Waals surface area contributed by atoms with Crippen LogP contribution >= 0.6 is 34.4 Å². The second kappa shape index (κ2) is 6.59. The van der Waals surface area contributed by atoms with Gasteiger partial charge in [0, 0.05) is 33.3 Å². The van der Waals surface area contributed by atoms with Crippen molar-refractivity contribution in [2.24, 2.45) is 0 Å². The van der Waals surface area contributed by atoms with Gasteiger partial charge in [0.1, 0.15) is 5.75 Å². The summed E-state index contributed by atoms with van der Waals surface area (Å²) in [7, 11) is 0. The monoisotopic (exact) mass is 359 g/mol. The third-order valence-corrected chi connectivity index (χ3v) is 6.86. The Morgan fingerprint density at radius 1 is 1.04 bits per heavy atom. The van der Waals surface area contributed by atoms with E-state index in [0.717, 1.165) is 11.4 Å². The maximum atomic E-state index is 9.58. The van der Waals surface area contributed by atoms with Gasteiger partial charge < -0.3 is 10.0 Å². The average molecular weight is 360 g/mol. The van der Waals surface area contributed by atoms with Gasteiger partial charge in [0.05, 0.1) is 5.69 Å². The number of thiophene rings is 2. The maximum absolute atomic E-state index is 9.58. The summed E-state index contributed by atoms with van der Waals surface area (Å²) in [6, 6.07) is 12.6. The molecular formula is C18H17NOS3. The van der Waals surface area contributed by atoms with Crippen molar-refractivity contribution in [2.75, 3.05) is 16.4 Å². The van der Waals surface area contributed by atoms with Crippen molar-refractivity contribution in [3.05, 3.63) is 52.5 Å². The van der Waals surface area contributed by atoms with E-state index in [9.17, 15) is 5.11 Å². The zero-order valence-electron chi connectivity index (χ0n) is 12.5. The van der Waals surface area contributed by atoms with Crippen LogP contribution in [0, 0.1) is 0 Å². The minimum Gasteiger partial charge on any atom is -0.508 e. The normalized spacial score (nSPS) is 17.5. The molecule has 0 amide bonds. The van der Waals surface area contributed by atoms with Crippen molar-refractivity contribution in [3.63, 3.8) is 0 Å². The first-order chi connectivity index (χ1) is 11.3. The highest BCUT2D eigenvalue weighted by Gasteiger charge is 2.25. The van der Waals surface area contributed by atoms with Crippen LogP contribution in [0.25, 0.3) is 10.4 Å². The highest BCUT2D eigenvalue weighted by atomic mass is 32.2. The molecule has 3 aromatic rings. The summed E-state index contributed by atoms with van der Waals surface area (Å²) in [5.41, 5.74) is 3.72. The molecule has 1 saturated heterocycles. The SMILES string of the molecule is Oc1ccc(N(c2csc(-c3ccsc3)c2)C2CCSC2)cc1. The van der Waals surface area contributed by atoms with Gasteiger partial charge >= 0.3 is 0 Å². The van der Waals surface area contributed by atoms with E-state index < -0.39 is 0 Å². The molecule has 1 aliphatic heterocycles. The van der Waals surface area contributed by atoms with Crippen LogP contribution in [0.1, 0.15) is 6.42 Å². The van der Waals surface area contributed by atoms with Crippen LogP contribution in [0.2, 0.25) is 0 Å². The number of hydrogen-bond acceptors (Lipinski definition) is 5. The lowest BCUT2D eigenvalue weighted by Gasteiger charge is -2.30. The fourth-order valence-electron chi connectivity index (χ4n) is 2.92. The van der Waals surface area contributed by atoms with Crippen molar-refractivity contribution in [1.82, 2.24) is 0 Å². The smallest absolute Gasteiger partial charge is 0.115 e. The Morgan fingerprint density at radius 3 is 2.61 bits per heavy atom. The maximum Gasteiger partial charge on any atom is 0.115 e. The Hall–Kier alpha value is -1.43. The van der Waals surface area contributed by atoms with E-state index in [4.69, 9.17) is 0 Å². The lowest BCUT2D eigenvalue weighted by molar-refractivity contribution is 0.475. The van der Waals surface area contributed by atoms with Crippen molar-refractivity contribution < 1.29 is 5.11 Å². The second-order valence-electron chi connectivity index (χ2n) is 5.58. The summed E-state index contributed by atoms with van der Waals surface area (Å²) in [4.78, 5) is 3.75. The molecule has 1 aromatic carbocycles. The fraction of sp³-hybridized carbons (Fsp3) is 0.222. The molecule has 2 nitrogen and oxygen atoms in total. The predicted octanol–water partition coefficient (Wildman–Crippen LogP) is 5.83. The molecule has 0 radical (unpaired) electrons. The molecule has 1 fully saturated rings. The molecular weight excluding hydrogens is 342 g/mol. The van der Waals surface area contributed by atoms with E-state index in [1.54, 1.807) is 34.8 Å². The molecule has 0 spiro atoms. The van der Waals surface area contributed by atoms with Crippen molar-refractivity contribution in [1.29, 1.82) is 0 Å². The van der Waals surface area contributed by atoms with Gasteiger partial charge in [0.2, 0.25) is 0 Å². The van der Waals surface area contributed by atoms with E-state index in [1.807, 2.05) is 23.9 Å². The van der Waals surface area contributed by atoms with Gasteiger partial charge in [-0.25, -0.2) is 0 Å². The molecule has 118 valence electrons. The van der Waals surface area contributed by atoms with Gasteiger partial charge in [0.15, 0.2) is 0 Å². The summed E-state index contributed by atoms with van der Waals surface area (Å²) < 4.78 is 0. The molecule has 1 aliphatic rings. The Bertz CT molecular complexity index is 758. The Kier molecular flexibility index (Phi) is 4.33. The molecule has 2 aromatic heterocycles. The highest BCUT2D eigenvalue weighted by molar-refractivity contribution is 7.99. The molecule has 1 N–H and O–H groups in total. The van der Waals surface area contributed by atoms with Crippen LogP contribution in [0.15, 0.2) is 52.5 Å². The van der Waals surface area contributed by atoms with Gasteiger partial charge in [-0.2, -0.15) is 23.1 Å². The van der Waals surface area contributed by atoms with Gasteiger partial charge in [-0.1, -0.05) is 0 Å². The summed E-state index contributed by atoms with van der Waals surface area (Å²) in [5.74, 6) is 2.70. The zero-order chi connectivity index (χ0) is 15.6. The fourth-order valence-corrected chi connectivity index (χ4v) is 5.72. The minimum absolute atomic E-state index is 0.318. The standard InChI is InChI=1S/C18H17NOS3/c20-17-3-1-14(2-4-17)19(15-6-8-22-11-15)16-9-18(23-12-16)13-5-7-21-10-13/h1-5,7,9-10,12,15,20H,6,8,11H2. The molecule has 1 atom stereocenters. The first kappa shape index (κ1) is 15.1. The van der Waals surface area contributed by atoms with Gasteiger partial charge in [0.25, 0.3) is 0 Å². The number of rotatable bonds is 4. The number of hydrogen-bond donors (Lipinski definition) is 1. The van der Waals surface area contributed by atoms with Crippen molar-refractivity contribution in [3.8, 4) is 16.2 Å². The molecule has 0 bridgehead atoms. The number of anilines is 2. The largest absolute Gasteiger partial charge is 0.508 e. The van der Waals surface area contributed by atoms with Crippen LogP contribution in [0.4, 0.5) is 11.4 Å². The third-order valence-electron chi connectivity index (χ3n) is 4.07. The molecule has 5 heteroatoms. The van der Waals surface area contributed by atoms with Crippen LogP contribution in [-0.2, 0) is 0 Å². The number of phenolic OH excluding ortho intramolecular Hbond substituents is 1. The molecule has 0 saturated carbocycles. The number of benzene rings is 1. The third kappa shape index (κ3) is 3.13. The van der Waals surface area contributed by atoms with E-state index in [2.05, 4.69) is 33.2 Å². The van der Waals surface area contributed by atoms with Crippen LogP contribution in [0.5, 0.6) is 5.75 Å². The number of thioether (sulfide) groups is 1.